The van der Waals surface area contributed by atoms with Gasteiger partial charge in [0, 0.05) is 49.0 Å². The number of hydrogen-bond acceptors (Lipinski definition) is 3. The highest BCUT2D eigenvalue weighted by Crippen LogP contribution is 2.48. The number of nitrogens with zero attached hydrogens (tertiary/aromatic N) is 3. The van der Waals surface area contributed by atoms with E-state index < -0.39 is 11.6 Å². The fourth-order valence-electron chi connectivity index (χ4n) is 9.36. The smallest absolute Gasteiger partial charge is 0.160 e. The van der Waals surface area contributed by atoms with E-state index in [0.29, 0.717) is 39.3 Å². The van der Waals surface area contributed by atoms with E-state index in [1.807, 2.05) is 106 Å². The van der Waals surface area contributed by atoms with Crippen molar-refractivity contribution in [3.8, 4) is 39.7 Å². The molecular formula is C50H26F2N4O. The maximum atomic E-state index is 16.7. The summed E-state index contributed by atoms with van der Waals surface area (Å²) < 4.78 is 44.0. The standard InChI is InChI=1S/C50H26F2N4O/c51-37-15-9-16-38(52)45(37)46-41(55-39-17-6-3-11-29(39)34-21-20-32-28-10-1-2-14-33(28)47(54)44(32)48(34)55)24-27(26-53)25-42(46)56-40-18-7-4-12-30(40)35-22-23-36-31-13-5-8-19-43(31)57-50(36)49(35)56/h1-25,54H. The molecule has 0 unspecified atom stereocenters. The minimum Gasteiger partial charge on any atom is -0.454 e. The van der Waals surface area contributed by atoms with E-state index >= 15 is 8.78 Å². The van der Waals surface area contributed by atoms with Crippen molar-refractivity contribution in [1.29, 1.82) is 10.7 Å². The van der Waals surface area contributed by atoms with Crippen LogP contribution in [-0.2, 0) is 0 Å². The lowest BCUT2D eigenvalue weighted by Crippen LogP contribution is -2.08. The highest BCUT2D eigenvalue weighted by atomic mass is 19.1. The molecule has 266 valence electrons. The van der Waals surface area contributed by atoms with Crippen LogP contribution in [0.4, 0.5) is 8.78 Å². The average Bonchev–Trinajstić information content (AvgIpc) is 3.97. The van der Waals surface area contributed by atoms with Gasteiger partial charge in [-0.2, -0.15) is 5.26 Å². The predicted octanol–water partition coefficient (Wildman–Crippen LogP) is 13.0. The van der Waals surface area contributed by atoms with Crippen molar-refractivity contribution in [3.63, 3.8) is 0 Å². The molecule has 0 saturated carbocycles. The molecule has 0 fully saturated rings. The number of halogens is 2. The van der Waals surface area contributed by atoms with Crippen LogP contribution in [0.25, 0.3) is 99.2 Å². The van der Waals surface area contributed by atoms with Crippen LogP contribution in [0.1, 0.15) is 16.7 Å². The number of aromatic nitrogens is 2. The van der Waals surface area contributed by atoms with Crippen molar-refractivity contribution < 1.29 is 13.2 Å². The SMILES string of the molecule is N#Cc1cc(-n2c3ccccc3c3ccc4c(c32)C(=N)c2ccccc2-4)c(-c2c(F)cccc2F)c(-n2c3ccccc3c3ccc4c5ccccc5oc4c32)c1. The van der Waals surface area contributed by atoms with Gasteiger partial charge in [0.15, 0.2) is 5.58 Å². The van der Waals surface area contributed by atoms with Gasteiger partial charge < -0.3 is 13.6 Å². The Bertz CT molecular complexity index is 3630. The molecule has 0 bridgehead atoms. The Morgan fingerprint density at radius 3 is 1.75 bits per heavy atom. The lowest BCUT2D eigenvalue weighted by molar-refractivity contribution is 0.589. The normalized spacial score (nSPS) is 12.4. The molecule has 3 heterocycles. The number of benzene rings is 8. The molecule has 0 aliphatic heterocycles. The van der Waals surface area contributed by atoms with Crippen molar-refractivity contribution in [2.75, 3.05) is 0 Å². The minimum atomic E-state index is -0.747. The van der Waals surface area contributed by atoms with Gasteiger partial charge in [-0.25, -0.2) is 8.78 Å². The van der Waals surface area contributed by atoms with Gasteiger partial charge in [-0.3, -0.25) is 5.41 Å². The molecule has 1 aliphatic carbocycles. The Morgan fingerprint density at radius 2 is 1.05 bits per heavy atom. The van der Waals surface area contributed by atoms with Crippen molar-refractivity contribution >= 4 is 71.3 Å². The second-order valence-corrected chi connectivity index (χ2v) is 14.5. The Kier molecular flexibility index (Phi) is 6.28. The van der Waals surface area contributed by atoms with Crippen LogP contribution in [0.5, 0.6) is 0 Å². The molecule has 57 heavy (non-hydrogen) atoms. The van der Waals surface area contributed by atoms with E-state index in [4.69, 9.17) is 4.42 Å². The maximum Gasteiger partial charge on any atom is 0.160 e. The van der Waals surface area contributed by atoms with E-state index in [-0.39, 0.29) is 11.1 Å². The zero-order valence-corrected chi connectivity index (χ0v) is 29.9. The number of furan rings is 1. The van der Waals surface area contributed by atoms with Crippen molar-refractivity contribution in [2.45, 2.75) is 0 Å². The average molecular weight is 737 g/mol. The Labute approximate surface area is 323 Å². The summed E-state index contributed by atoms with van der Waals surface area (Å²) in [6, 6.07) is 49.5. The Hall–Kier alpha value is -7.82. The maximum absolute atomic E-state index is 16.7. The largest absolute Gasteiger partial charge is 0.454 e. The van der Waals surface area contributed by atoms with Crippen LogP contribution >= 0.6 is 0 Å². The van der Waals surface area contributed by atoms with Crippen LogP contribution < -0.4 is 0 Å². The molecule has 8 aromatic carbocycles. The third-order valence-corrected chi connectivity index (χ3v) is 11.7. The van der Waals surface area contributed by atoms with Gasteiger partial charge in [0.05, 0.1) is 56.3 Å². The van der Waals surface area contributed by atoms with Crippen LogP contribution in [0.15, 0.2) is 156 Å². The quantitative estimate of drug-likeness (QED) is 0.196. The Balaban J connectivity index is 1.32. The van der Waals surface area contributed by atoms with E-state index in [2.05, 4.69) is 30.3 Å². The molecule has 12 rings (SSSR count). The highest BCUT2D eigenvalue weighted by Gasteiger charge is 2.32. The lowest BCUT2D eigenvalue weighted by Gasteiger charge is -2.22. The van der Waals surface area contributed by atoms with Crippen molar-refractivity contribution in [3.05, 3.63) is 180 Å². The monoisotopic (exact) mass is 736 g/mol. The van der Waals surface area contributed by atoms with Gasteiger partial charge in [-0.05, 0) is 59.7 Å². The molecule has 5 nitrogen and oxygen atoms in total. The van der Waals surface area contributed by atoms with Gasteiger partial charge in [0.2, 0.25) is 0 Å². The van der Waals surface area contributed by atoms with Crippen LogP contribution in [0.2, 0.25) is 0 Å². The van der Waals surface area contributed by atoms with Crippen molar-refractivity contribution in [2.24, 2.45) is 0 Å². The van der Waals surface area contributed by atoms with E-state index in [0.717, 1.165) is 71.1 Å². The van der Waals surface area contributed by atoms with Gasteiger partial charge in [0.25, 0.3) is 0 Å². The lowest BCUT2D eigenvalue weighted by atomic mass is 9.96. The summed E-state index contributed by atoms with van der Waals surface area (Å²) in [5, 5.41) is 25.8. The zero-order valence-electron chi connectivity index (χ0n) is 29.9. The first-order chi connectivity index (χ1) is 28.0. The van der Waals surface area contributed by atoms with Gasteiger partial charge in [-0.1, -0.05) is 103 Å². The fourth-order valence-corrected chi connectivity index (χ4v) is 9.36. The topological polar surface area (TPSA) is 70.6 Å². The molecule has 3 aromatic heterocycles. The number of rotatable bonds is 3. The molecule has 0 saturated heterocycles. The van der Waals surface area contributed by atoms with Gasteiger partial charge in [-0.15, -0.1) is 0 Å². The second kappa shape index (κ2) is 11.4. The molecule has 1 N–H and O–H groups in total. The first-order valence-electron chi connectivity index (χ1n) is 18.6. The number of nitriles is 1. The minimum absolute atomic E-state index is 0.230. The molecular weight excluding hydrogens is 711 g/mol. The molecule has 11 aromatic rings. The summed E-state index contributed by atoms with van der Waals surface area (Å²) in [6.07, 6.45) is 0. The molecule has 0 atom stereocenters. The predicted molar refractivity (Wildman–Crippen MR) is 224 cm³/mol. The third kappa shape index (κ3) is 4.11. The van der Waals surface area contributed by atoms with Gasteiger partial charge >= 0.3 is 0 Å². The van der Waals surface area contributed by atoms with E-state index in [1.54, 1.807) is 12.1 Å². The molecule has 7 heteroatoms. The fraction of sp³-hybridized carbons (Fsp3) is 0. The van der Waals surface area contributed by atoms with Crippen molar-refractivity contribution in [1.82, 2.24) is 9.13 Å². The Morgan fingerprint density at radius 1 is 0.491 bits per heavy atom. The highest BCUT2D eigenvalue weighted by molar-refractivity contribution is 6.31. The number of hydrogen-bond donors (Lipinski definition) is 1. The first kappa shape index (κ1) is 31.5. The molecule has 0 radical (unpaired) electrons. The van der Waals surface area contributed by atoms with Crippen LogP contribution in [-0.4, -0.2) is 14.8 Å². The number of para-hydroxylation sites is 3. The zero-order chi connectivity index (χ0) is 38.1. The molecule has 0 spiro atoms. The first-order valence-corrected chi connectivity index (χ1v) is 18.6. The summed E-state index contributed by atoms with van der Waals surface area (Å²) in [5.41, 5.74) is 9.17. The summed E-state index contributed by atoms with van der Waals surface area (Å²) in [6.45, 7) is 0. The summed E-state index contributed by atoms with van der Waals surface area (Å²) in [5.74, 6) is -1.49. The summed E-state index contributed by atoms with van der Waals surface area (Å²) in [7, 11) is 0. The van der Waals surface area contributed by atoms with Crippen LogP contribution in [0.3, 0.4) is 0 Å². The van der Waals surface area contributed by atoms with E-state index in [9.17, 15) is 10.7 Å². The molecule has 1 aliphatic rings. The van der Waals surface area contributed by atoms with E-state index in [1.165, 1.54) is 18.2 Å². The number of nitrogens with one attached hydrogen (secondary N) is 1. The summed E-state index contributed by atoms with van der Waals surface area (Å²) >= 11 is 0. The third-order valence-electron chi connectivity index (χ3n) is 11.7. The second-order valence-electron chi connectivity index (χ2n) is 14.5. The van der Waals surface area contributed by atoms with Crippen LogP contribution in [0, 0.1) is 28.4 Å². The van der Waals surface area contributed by atoms with Gasteiger partial charge in [0.1, 0.15) is 17.2 Å². The number of fused-ring (bicyclic) bond motifs is 14. The summed E-state index contributed by atoms with van der Waals surface area (Å²) in [4.78, 5) is 0. The molecule has 0 amide bonds.